The molecule has 1 aromatic carbocycles. The Kier molecular flexibility index (Phi) is 5.68. The van der Waals surface area contributed by atoms with Gasteiger partial charge in [-0.15, -0.1) is 0 Å². The summed E-state index contributed by atoms with van der Waals surface area (Å²) in [6.45, 7) is 0. The summed E-state index contributed by atoms with van der Waals surface area (Å²) in [6, 6.07) is 9.47. The quantitative estimate of drug-likeness (QED) is 0.829. The molecule has 0 atom stereocenters. The van der Waals surface area contributed by atoms with Gasteiger partial charge in [0.2, 0.25) is 11.1 Å². The smallest absolute Gasteiger partial charge is 0.225 e. The Hall–Kier alpha value is -1.05. The summed E-state index contributed by atoms with van der Waals surface area (Å²) in [5.41, 5.74) is 0.832. The van der Waals surface area contributed by atoms with Crippen LogP contribution in [0.1, 0.15) is 6.42 Å². The Bertz CT molecular complexity index is 530. The number of hydrogen-bond acceptors (Lipinski definition) is 6. The highest BCUT2D eigenvalue weighted by Crippen LogP contribution is 2.24. The van der Waals surface area contributed by atoms with E-state index in [1.807, 2.05) is 36.6 Å². The van der Waals surface area contributed by atoms with E-state index in [4.69, 9.17) is 0 Å². The van der Waals surface area contributed by atoms with E-state index in [-0.39, 0.29) is 5.91 Å². The van der Waals surface area contributed by atoms with Crippen molar-refractivity contribution in [1.82, 2.24) is 9.36 Å². The largest absolute Gasteiger partial charge is 0.326 e. The number of thioether (sulfide) groups is 2. The fourth-order valence-electron chi connectivity index (χ4n) is 1.31. The number of benzene rings is 1. The third-order valence-corrected chi connectivity index (χ3v) is 4.68. The Morgan fingerprint density at radius 3 is 2.84 bits per heavy atom. The summed E-state index contributed by atoms with van der Waals surface area (Å²) < 4.78 is 5.09. The number of amides is 1. The number of para-hydroxylation sites is 1. The van der Waals surface area contributed by atoms with Crippen molar-refractivity contribution < 1.29 is 4.79 Å². The first-order valence-corrected chi connectivity index (χ1v) is 8.61. The molecular formula is C12H13N3OS3. The van der Waals surface area contributed by atoms with Crippen LogP contribution >= 0.6 is 35.1 Å². The lowest BCUT2D eigenvalue weighted by atomic mass is 10.3. The Labute approximate surface area is 124 Å². The highest BCUT2D eigenvalue weighted by Gasteiger charge is 2.06. The molecule has 0 radical (unpaired) electrons. The lowest BCUT2D eigenvalue weighted by Crippen LogP contribution is -2.11. The fourth-order valence-corrected chi connectivity index (χ4v) is 3.53. The van der Waals surface area contributed by atoms with Gasteiger partial charge in [0.15, 0.2) is 4.34 Å². The van der Waals surface area contributed by atoms with Gasteiger partial charge in [0.25, 0.3) is 0 Å². The minimum atomic E-state index is 0.0216. The summed E-state index contributed by atoms with van der Waals surface area (Å²) in [5, 5.41) is 3.65. The highest BCUT2D eigenvalue weighted by molar-refractivity contribution is 8.01. The van der Waals surface area contributed by atoms with E-state index in [1.165, 1.54) is 23.3 Å². The Morgan fingerprint density at radius 2 is 2.16 bits per heavy atom. The third-order valence-electron chi connectivity index (χ3n) is 2.18. The van der Waals surface area contributed by atoms with E-state index in [1.54, 1.807) is 11.8 Å². The first-order valence-electron chi connectivity index (χ1n) is 5.63. The topological polar surface area (TPSA) is 54.9 Å². The molecule has 0 fully saturated rings. The van der Waals surface area contributed by atoms with Crippen LogP contribution in [-0.2, 0) is 4.79 Å². The van der Waals surface area contributed by atoms with Crippen LogP contribution in [0.5, 0.6) is 0 Å². The van der Waals surface area contributed by atoms with Gasteiger partial charge in [0.05, 0.1) is 0 Å². The van der Waals surface area contributed by atoms with Crippen molar-refractivity contribution in [3.05, 3.63) is 30.3 Å². The second-order valence-electron chi connectivity index (χ2n) is 3.56. The first kappa shape index (κ1) is 14.4. The van der Waals surface area contributed by atoms with Crippen molar-refractivity contribution >= 4 is 46.7 Å². The summed E-state index contributed by atoms with van der Waals surface area (Å²) in [7, 11) is 0. The average molecular weight is 311 g/mol. The van der Waals surface area contributed by atoms with Crippen molar-refractivity contribution in [2.24, 2.45) is 0 Å². The molecule has 0 aliphatic heterocycles. The van der Waals surface area contributed by atoms with Crippen LogP contribution in [0, 0.1) is 0 Å². The maximum Gasteiger partial charge on any atom is 0.225 e. The minimum absolute atomic E-state index is 0.0216. The number of rotatable bonds is 6. The van der Waals surface area contributed by atoms with Crippen LogP contribution in [0.3, 0.4) is 0 Å². The number of aromatic nitrogens is 2. The third kappa shape index (κ3) is 4.85. The van der Waals surface area contributed by atoms with E-state index in [0.717, 1.165) is 15.2 Å². The molecule has 1 amide bonds. The average Bonchev–Trinajstić information content (AvgIpc) is 2.88. The van der Waals surface area contributed by atoms with Crippen LogP contribution in [0.25, 0.3) is 0 Å². The van der Waals surface area contributed by atoms with E-state index in [9.17, 15) is 4.79 Å². The number of hydrogen-bond donors (Lipinski definition) is 1. The monoisotopic (exact) mass is 311 g/mol. The molecule has 1 heterocycles. The van der Waals surface area contributed by atoms with Gasteiger partial charge < -0.3 is 5.32 Å². The first-order chi connectivity index (χ1) is 9.28. The molecule has 4 nitrogen and oxygen atoms in total. The van der Waals surface area contributed by atoms with Crippen molar-refractivity contribution in [2.75, 3.05) is 17.3 Å². The number of nitrogens with one attached hydrogen (secondary N) is 1. The summed E-state index contributed by atoms with van der Waals surface area (Å²) in [6.07, 6.45) is 2.41. The molecule has 7 heteroatoms. The predicted molar refractivity (Wildman–Crippen MR) is 82.1 cm³/mol. The number of carbonyl (C=O) groups excluding carboxylic acids is 1. The van der Waals surface area contributed by atoms with Gasteiger partial charge in [-0.25, -0.2) is 4.98 Å². The lowest BCUT2D eigenvalue weighted by Gasteiger charge is -2.03. The Balaban J connectivity index is 1.72. The molecular weight excluding hydrogens is 298 g/mol. The van der Waals surface area contributed by atoms with Gasteiger partial charge in [-0.3, -0.25) is 4.79 Å². The van der Waals surface area contributed by atoms with Gasteiger partial charge >= 0.3 is 0 Å². The van der Waals surface area contributed by atoms with Crippen LogP contribution in [0.2, 0.25) is 0 Å². The molecule has 1 aromatic heterocycles. The molecule has 100 valence electrons. The van der Waals surface area contributed by atoms with Gasteiger partial charge in [0.1, 0.15) is 0 Å². The van der Waals surface area contributed by atoms with Crippen molar-refractivity contribution in [1.29, 1.82) is 0 Å². The molecule has 0 aliphatic rings. The number of anilines is 1. The zero-order valence-electron chi connectivity index (χ0n) is 10.3. The summed E-state index contributed by atoms with van der Waals surface area (Å²) in [5.74, 6) is 0.732. The van der Waals surface area contributed by atoms with Crippen molar-refractivity contribution in [2.45, 2.75) is 15.9 Å². The van der Waals surface area contributed by atoms with Gasteiger partial charge in [-0.2, -0.15) is 4.37 Å². The van der Waals surface area contributed by atoms with Gasteiger partial charge in [-0.1, -0.05) is 41.7 Å². The van der Waals surface area contributed by atoms with E-state index in [0.29, 0.717) is 12.2 Å². The van der Waals surface area contributed by atoms with E-state index < -0.39 is 0 Å². The van der Waals surface area contributed by atoms with Crippen LogP contribution < -0.4 is 5.32 Å². The van der Waals surface area contributed by atoms with Crippen LogP contribution in [-0.4, -0.2) is 27.3 Å². The molecule has 2 rings (SSSR count). The molecule has 1 N–H and O–H groups in total. The maximum absolute atomic E-state index is 11.7. The van der Waals surface area contributed by atoms with E-state index >= 15 is 0 Å². The standard InChI is InChI=1S/C12H13N3OS3/c1-17-11-14-12(19-15-11)18-8-7-10(16)13-9-5-3-2-4-6-9/h2-6H,7-8H2,1H3,(H,13,16). The molecule has 2 aromatic rings. The highest BCUT2D eigenvalue weighted by atomic mass is 32.2. The SMILES string of the molecule is CSc1nsc(SCCC(=O)Nc2ccccc2)n1. The second kappa shape index (κ2) is 7.52. The minimum Gasteiger partial charge on any atom is -0.326 e. The molecule has 0 saturated carbocycles. The summed E-state index contributed by atoms with van der Waals surface area (Å²) in [4.78, 5) is 16.0. The van der Waals surface area contributed by atoms with Crippen LogP contribution in [0.4, 0.5) is 5.69 Å². The van der Waals surface area contributed by atoms with Crippen molar-refractivity contribution in [3.63, 3.8) is 0 Å². The second-order valence-corrected chi connectivity index (χ2v) is 6.43. The van der Waals surface area contributed by atoms with Crippen LogP contribution in [0.15, 0.2) is 39.8 Å². The number of nitrogens with zero attached hydrogens (tertiary/aromatic N) is 2. The van der Waals surface area contributed by atoms with E-state index in [2.05, 4.69) is 14.7 Å². The molecule has 0 saturated heterocycles. The van der Waals surface area contributed by atoms with Gasteiger partial charge in [-0.05, 0) is 29.9 Å². The maximum atomic E-state index is 11.7. The fraction of sp³-hybridized carbons (Fsp3) is 0.250. The zero-order valence-corrected chi connectivity index (χ0v) is 12.8. The molecule has 0 unspecified atom stereocenters. The summed E-state index contributed by atoms with van der Waals surface area (Å²) >= 11 is 4.47. The Morgan fingerprint density at radius 1 is 1.37 bits per heavy atom. The van der Waals surface area contributed by atoms with Gasteiger partial charge in [0, 0.05) is 17.9 Å². The van der Waals surface area contributed by atoms with Crippen molar-refractivity contribution in [3.8, 4) is 0 Å². The molecule has 0 aliphatic carbocycles. The number of carbonyl (C=O) groups is 1. The zero-order chi connectivity index (χ0) is 13.5. The predicted octanol–water partition coefficient (Wildman–Crippen LogP) is 3.38. The molecule has 0 bridgehead atoms. The molecule has 19 heavy (non-hydrogen) atoms. The normalized spacial score (nSPS) is 10.4. The lowest BCUT2D eigenvalue weighted by molar-refractivity contribution is -0.115. The molecule has 0 spiro atoms.